The molecule has 0 aromatic heterocycles. The first kappa shape index (κ1) is 16.1. The number of nitrogens with one attached hydrogen (secondary N) is 1. The molecule has 24 heavy (non-hydrogen) atoms. The highest BCUT2D eigenvalue weighted by Crippen LogP contribution is 2.32. The third-order valence-corrected chi connectivity index (χ3v) is 4.46. The minimum atomic E-state index is -1.27. The maximum atomic E-state index is 12.5. The van der Waals surface area contributed by atoms with Crippen LogP contribution in [0.3, 0.4) is 0 Å². The molecule has 1 atom stereocenters. The number of hydrogen-bond donors (Lipinski definition) is 1. The van der Waals surface area contributed by atoms with Crippen LogP contribution in [0.1, 0.15) is 15.9 Å². The maximum absolute atomic E-state index is 12.5. The minimum absolute atomic E-state index is 0.0448. The second-order valence-electron chi connectivity index (χ2n) is 5.29. The van der Waals surface area contributed by atoms with Gasteiger partial charge in [0.1, 0.15) is 0 Å². The van der Waals surface area contributed by atoms with Gasteiger partial charge in [0.25, 0.3) is 11.1 Å². The topological polar surface area (TPSA) is 89.5 Å². The summed E-state index contributed by atoms with van der Waals surface area (Å²) in [7, 11) is 0. The molecule has 1 heterocycles. The molecule has 7 heteroatoms. The van der Waals surface area contributed by atoms with E-state index in [4.69, 9.17) is 0 Å². The van der Waals surface area contributed by atoms with Crippen LogP contribution in [0.4, 0.5) is 16.2 Å². The standard InChI is InChI=1S/C17H14N2O4S/c1-10-3-2-4-13(9-10)19-15(20)14(24-17(19)23)18-12-7-5-11(6-8-12)16(21)22/h2-9,14,18H,1H3,(H,21,22)/p-1/t14-/m0/s1. The number of aromatic carboxylic acids is 1. The van der Waals surface area contributed by atoms with Gasteiger partial charge in [-0.05, 0) is 54.1 Å². The van der Waals surface area contributed by atoms with Crippen LogP contribution < -0.4 is 15.3 Å². The van der Waals surface area contributed by atoms with E-state index in [0.717, 1.165) is 22.2 Å². The Hall–Kier alpha value is -2.80. The predicted molar refractivity (Wildman–Crippen MR) is 89.8 cm³/mol. The molecule has 3 rings (SSSR count). The lowest BCUT2D eigenvalue weighted by Gasteiger charge is -2.15. The van der Waals surface area contributed by atoms with Gasteiger partial charge >= 0.3 is 0 Å². The largest absolute Gasteiger partial charge is 0.545 e. The number of thioether (sulfide) groups is 1. The summed E-state index contributed by atoms with van der Waals surface area (Å²) in [6.07, 6.45) is 0. The van der Waals surface area contributed by atoms with Crippen molar-refractivity contribution in [3.63, 3.8) is 0 Å². The Morgan fingerprint density at radius 3 is 2.50 bits per heavy atom. The molecule has 1 aliphatic rings. The van der Waals surface area contributed by atoms with Crippen molar-refractivity contribution in [1.82, 2.24) is 0 Å². The van der Waals surface area contributed by atoms with Crippen molar-refractivity contribution in [2.45, 2.75) is 12.3 Å². The second kappa shape index (κ2) is 6.37. The van der Waals surface area contributed by atoms with E-state index >= 15 is 0 Å². The molecule has 1 aliphatic heterocycles. The molecule has 1 fully saturated rings. The van der Waals surface area contributed by atoms with E-state index in [1.165, 1.54) is 24.3 Å². The van der Waals surface area contributed by atoms with Crippen LogP contribution in [0.15, 0.2) is 48.5 Å². The molecule has 0 spiro atoms. The summed E-state index contributed by atoms with van der Waals surface area (Å²) in [6.45, 7) is 1.89. The van der Waals surface area contributed by atoms with Crippen LogP contribution in [0.25, 0.3) is 0 Å². The van der Waals surface area contributed by atoms with Crippen LogP contribution in [-0.2, 0) is 4.79 Å². The smallest absolute Gasteiger partial charge is 0.295 e. The number of imide groups is 1. The molecule has 0 unspecified atom stereocenters. The third kappa shape index (κ3) is 3.11. The molecule has 0 bridgehead atoms. The van der Waals surface area contributed by atoms with E-state index in [0.29, 0.717) is 11.4 Å². The number of aryl methyl sites for hydroxylation is 1. The second-order valence-corrected chi connectivity index (χ2v) is 6.34. The predicted octanol–water partition coefficient (Wildman–Crippen LogP) is 2.00. The fourth-order valence-electron chi connectivity index (χ4n) is 2.36. The first-order valence-electron chi connectivity index (χ1n) is 7.15. The Bertz CT molecular complexity index is 820. The van der Waals surface area contributed by atoms with Crippen LogP contribution in [-0.4, -0.2) is 22.5 Å². The monoisotopic (exact) mass is 341 g/mol. The quantitative estimate of drug-likeness (QED) is 0.915. The molecule has 6 nitrogen and oxygen atoms in total. The fourth-order valence-corrected chi connectivity index (χ4v) is 3.26. The molecule has 2 amide bonds. The van der Waals surface area contributed by atoms with Gasteiger partial charge in [-0.2, -0.15) is 0 Å². The Kier molecular flexibility index (Phi) is 4.26. The maximum Gasteiger partial charge on any atom is 0.295 e. The van der Waals surface area contributed by atoms with E-state index in [2.05, 4.69) is 5.32 Å². The molecular formula is C17H13N2O4S-. The summed E-state index contributed by atoms with van der Waals surface area (Å²) in [5, 5.41) is 12.6. The van der Waals surface area contributed by atoms with Crippen LogP contribution in [0.5, 0.6) is 0 Å². The summed E-state index contributed by atoms with van der Waals surface area (Å²) in [5.41, 5.74) is 2.08. The molecule has 1 N–H and O–H groups in total. The summed E-state index contributed by atoms with van der Waals surface area (Å²) in [5.74, 6) is -1.63. The third-order valence-electron chi connectivity index (χ3n) is 3.52. The Balaban J connectivity index is 1.77. The zero-order chi connectivity index (χ0) is 17.3. The number of amides is 2. The van der Waals surface area contributed by atoms with Crippen molar-refractivity contribution in [1.29, 1.82) is 0 Å². The summed E-state index contributed by atoms with van der Waals surface area (Å²) in [6, 6.07) is 13.0. The van der Waals surface area contributed by atoms with Crippen LogP contribution in [0.2, 0.25) is 0 Å². The molecule has 0 aliphatic carbocycles. The number of nitrogens with zero attached hydrogens (tertiary/aromatic N) is 1. The van der Waals surface area contributed by atoms with Gasteiger partial charge in [0.05, 0.1) is 11.7 Å². The summed E-state index contributed by atoms with van der Waals surface area (Å²) >= 11 is 0.885. The normalized spacial score (nSPS) is 17.2. The zero-order valence-electron chi connectivity index (χ0n) is 12.7. The number of carbonyl (C=O) groups is 3. The first-order valence-corrected chi connectivity index (χ1v) is 8.03. The number of anilines is 2. The lowest BCUT2D eigenvalue weighted by atomic mass is 10.2. The van der Waals surface area contributed by atoms with Crippen molar-refractivity contribution in [2.24, 2.45) is 0 Å². The molecule has 2 aromatic rings. The highest BCUT2D eigenvalue weighted by Gasteiger charge is 2.40. The van der Waals surface area contributed by atoms with E-state index in [1.807, 2.05) is 13.0 Å². The van der Waals surface area contributed by atoms with Gasteiger partial charge in [0.2, 0.25) is 0 Å². The van der Waals surface area contributed by atoms with Gasteiger partial charge in [-0.25, -0.2) is 4.90 Å². The number of carboxylic acids is 1. The van der Waals surface area contributed by atoms with Gasteiger partial charge in [0, 0.05) is 5.69 Å². The van der Waals surface area contributed by atoms with Gasteiger partial charge in [-0.15, -0.1) is 0 Å². The van der Waals surface area contributed by atoms with E-state index < -0.39 is 11.3 Å². The highest BCUT2D eigenvalue weighted by atomic mass is 32.2. The molecule has 1 saturated heterocycles. The number of hydrogen-bond acceptors (Lipinski definition) is 6. The minimum Gasteiger partial charge on any atom is -0.545 e. The van der Waals surface area contributed by atoms with Crippen molar-refractivity contribution in [2.75, 3.05) is 10.2 Å². The lowest BCUT2D eigenvalue weighted by molar-refractivity contribution is -0.255. The number of rotatable bonds is 4. The number of carboxylic acid groups (broad SMARTS) is 1. The van der Waals surface area contributed by atoms with E-state index in [1.54, 1.807) is 18.2 Å². The molecule has 0 radical (unpaired) electrons. The zero-order valence-corrected chi connectivity index (χ0v) is 13.5. The van der Waals surface area contributed by atoms with E-state index in [9.17, 15) is 19.5 Å². The van der Waals surface area contributed by atoms with Gasteiger partial charge in [-0.3, -0.25) is 9.59 Å². The van der Waals surface area contributed by atoms with E-state index in [-0.39, 0.29) is 16.7 Å². The first-order chi connectivity index (χ1) is 11.5. The van der Waals surface area contributed by atoms with Crippen molar-refractivity contribution in [3.05, 3.63) is 59.7 Å². The Labute approximate surface area is 142 Å². The van der Waals surface area contributed by atoms with Gasteiger partial charge < -0.3 is 15.2 Å². The fraction of sp³-hybridized carbons (Fsp3) is 0.118. The van der Waals surface area contributed by atoms with Gasteiger partial charge in [0.15, 0.2) is 5.37 Å². The van der Waals surface area contributed by atoms with Crippen molar-refractivity contribution in [3.8, 4) is 0 Å². The summed E-state index contributed by atoms with van der Waals surface area (Å²) < 4.78 is 0. The Morgan fingerprint density at radius 1 is 1.17 bits per heavy atom. The lowest BCUT2D eigenvalue weighted by Crippen LogP contribution is -2.34. The molecular weight excluding hydrogens is 328 g/mol. The number of benzene rings is 2. The summed E-state index contributed by atoms with van der Waals surface area (Å²) in [4.78, 5) is 36.6. The van der Waals surface area contributed by atoms with Crippen molar-refractivity contribution >= 4 is 40.3 Å². The SMILES string of the molecule is Cc1cccc(N2C(=O)S[C@H](Nc3ccc(C(=O)[O-])cc3)C2=O)c1. The number of carbonyl (C=O) groups excluding carboxylic acids is 3. The average Bonchev–Trinajstić information content (AvgIpc) is 2.82. The van der Waals surface area contributed by atoms with Gasteiger partial charge in [-0.1, -0.05) is 24.3 Å². The van der Waals surface area contributed by atoms with Crippen LogP contribution in [0, 0.1) is 6.92 Å². The van der Waals surface area contributed by atoms with Crippen molar-refractivity contribution < 1.29 is 19.5 Å². The van der Waals surface area contributed by atoms with Crippen LogP contribution >= 0.6 is 11.8 Å². The Morgan fingerprint density at radius 2 is 1.88 bits per heavy atom. The molecule has 0 saturated carbocycles. The highest BCUT2D eigenvalue weighted by molar-refractivity contribution is 8.16. The average molecular weight is 341 g/mol. The molecule has 122 valence electrons. The molecule has 2 aromatic carbocycles.